The lowest BCUT2D eigenvalue weighted by Gasteiger charge is -2.19. The summed E-state index contributed by atoms with van der Waals surface area (Å²) in [5, 5.41) is 0. The summed E-state index contributed by atoms with van der Waals surface area (Å²) in [5.74, 6) is 4.95. The Hall–Kier alpha value is -0.580. The first-order valence-electron chi connectivity index (χ1n) is 4.03. The van der Waals surface area contributed by atoms with Crippen LogP contribution >= 0.6 is 15.9 Å². The highest BCUT2D eigenvalue weighted by Gasteiger charge is 2.03. The molecule has 0 aliphatic rings. The minimum absolute atomic E-state index is 0.526. The second-order valence-electron chi connectivity index (χ2n) is 2.74. The van der Waals surface area contributed by atoms with E-state index in [9.17, 15) is 0 Å². The predicted octanol–water partition coefficient (Wildman–Crippen LogP) is 1.78. The molecule has 4 heteroatoms. The summed E-state index contributed by atoms with van der Waals surface area (Å²) in [6.07, 6.45) is 0. The Morgan fingerprint density at radius 2 is 2.15 bits per heavy atom. The van der Waals surface area contributed by atoms with Crippen LogP contribution in [0.2, 0.25) is 0 Å². The molecule has 0 radical (unpaired) electrons. The molecule has 0 aliphatic carbocycles. The molecule has 0 bridgehead atoms. The Balaban J connectivity index is 2.65. The highest BCUT2D eigenvalue weighted by molar-refractivity contribution is 9.10. The molecular weight excluding hydrogens is 232 g/mol. The number of para-hydroxylation sites is 1. The normalized spacial score (nSPS) is 10.1. The Kier molecular flexibility index (Phi) is 4.21. The molecule has 0 saturated carbocycles. The summed E-state index contributed by atoms with van der Waals surface area (Å²) in [4.78, 5) is 6.60. The highest BCUT2D eigenvalue weighted by atomic mass is 79.9. The Morgan fingerprint density at radius 1 is 1.46 bits per heavy atom. The van der Waals surface area contributed by atoms with Gasteiger partial charge in [0.25, 0.3) is 0 Å². The van der Waals surface area contributed by atoms with Gasteiger partial charge in [0, 0.05) is 18.1 Å². The van der Waals surface area contributed by atoms with Crippen molar-refractivity contribution < 1.29 is 4.84 Å². The third-order valence-electron chi connectivity index (χ3n) is 1.81. The topological polar surface area (TPSA) is 38.5 Å². The van der Waals surface area contributed by atoms with Gasteiger partial charge in [-0.05, 0) is 28.1 Å². The molecular formula is C9H13BrN2O. The van der Waals surface area contributed by atoms with Crippen LogP contribution in [0, 0.1) is 0 Å². The van der Waals surface area contributed by atoms with Crippen LogP contribution < -0.4 is 10.8 Å². The molecule has 0 unspecified atom stereocenters. The molecule has 1 aromatic rings. The maximum atomic E-state index is 4.95. The molecule has 1 aromatic carbocycles. The SMILES string of the molecule is CN(CCON)c1ccccc1Br. The first kappa shape index (κ1) is 10.5. The van der Waals surface area contributed by atoms with Crippen LogP contribution in [0.1, 0.15) is 0 Å². The Morgan fingerprint density at radius 3 is 2.77 bits per heavy atom. The monoisotopic (exact) mass is 244 g/mol. The number of rotatable bonds is 4. The number of nitrogens with zero attached hydrogens (tertiary/aromatic N) is 1. The van der Waals surface area contributed by atoms with Crippen LogP contribution in [-0.4, -0.2) is 20.2 Å². The second-order valence-corrected chi connectivity index (χ2v) is 3.60. The second kappa shape index (κ2) is 5.21. The summed E-state index contributed by atoms with van der Waals surface area (Å²) < 4.78 is 1.08. The van der Waals surface area contributed by atoms with E-state index < -0.39 is 0 Å². The van der Waals surface area contributed by atoms with Gasteiger partial charge in [-0.1, -0.05) is 12.1 Å². The minimum Gasteiger partial charge on any atom is -0.371 e. The van der Waals surface area contributed by atoms with Crippen molar-refractivity contribution in [3.63, 3.8) is 0 Å². The van der Waals surface area contributed by atoms with Crippen molar-refractivity contribution in [3.05, 3.63) is 28.7 Å². The third kappa shape index (κ3) is 2.99. The number of nitrogens with two attached hydrogens (primary N) is 1. The third-order valence-corrected chi connectivity index (χ3v) is 2.48. The summed E-state index contributed by atoms with van der Waals surface area (Å²) >= 11 is 3.48. The fourth-order valence-corrected chi connectivity index (χ4v) is 1.66. The summed E-state index contributed by atoms with van der Waals surface area (Å²) in [6.45, 7) is 1.30. The van der Waals surface area contributed by atoms with E-state index in [4.69, 9.17) is 5.90 Å². The van der Waals surface area contributed by atoms with E-state index in [1.807, 2.05) is 31.3 Å². The Labute approximate surface area is 86.6 Å². The fourth-order valence-electron chi connectivity index (χ4n) is 1.07. The average Bonchev–Trinajstić information content (AvgIpc) is 2.15. The van der Waals surface area contributed by atoms with Gasteiger partial charge in [-0.15, -0.1) is 0 Å². The van der Waals surface area contributed by atoms with Crippen LogP contribution in [0.5, 0.6) is 0 Å². The van der Waals surface area contributed by atoms with Crippen molar-refractivity contribution in [1.29, 1.82) is 0 Å². The molecule has 0 amide bonds. The van der Waals surface area contributed by atoms with Gasteiger partial charge < -0.3 is 9.74 Å². The van der Waals surface area contributed by atoms with Crippen molar-refractivity contribution in [2.45, 2.75) is 0 Å². The van der Waals surface area contributed by atoms with Gasteiger partial charge in [-0.25, -0.2) is 5.90 Å². The number of anilines is 1. The average molecular weight is 245 g/mol. The molecule has 0 fully saturated rings. The van der Waals surface area contributed by atoms with Gasteiger partial charge in [0.2, 0.25) is 0 Å². The summed E-state index contributed by atoms with van der Waals surface area (Å²) in [7, 11) is 2.00. The van der Waals surface area contributed by atoms with Gasteiger partial charge >= 0.3 is 0 Å². The van der Waals surface area contributed by atoms with Gasteiger partial charge in [0.1, 0.15) is 0 Å². The fraction of sp³-hybridized carbons (Fsp3) is 0.333. The molecule has 3 nitrogen and oxygen atoms in total. The van der Waals surface area contributed by atoms with Gasteiger partial charge in [0.15, 0.2) is 0 Å². The molecule has 72 valence electrons. The van der Waals surface area contributed by atoms with Crippen LogP contribution in [-0.2, 0) is 4.84 Å². The highest BCUT2D eigenvalue weighted by Crippen LogP contribution is 2.24. The maximum Gasteiger partial charge on any atom is 0.0854 e. The lowest BCUT2D eigenvalue weighted by atomic mass is 10.3. The van der Waals surface area contributed by atoms with Crippen molar-refractivity contribution in [2.75, 3.05) is 25.1 Å². The van der Waals surface area contributed by atoms with Crippen LogP contribution in [0.15, 0.2) is 28.7 Å². The van der Waals surface area contributed by atoms with Gasteiger partial charge in [0.05, 0.1) is 12.3 Å². The van der Waals surface area contributed by atoms with E-state index in [0.717, 1.165) is 16.7 Å². The smallest absolute Gasteiger partial charge is 0.0854 e. The standard InChI is InChI=1S/C9H13BrN2O/c1-12(6-7-13-11)9-5-3-2-4-8(9)10/h2-5H,6-7,11H2,1H3. The van der Waals surface area contributed by atoms with Crippen molar-refractivity contribution in [1.82, 2.24) is 0 Å². The van der Waals surface area contributed by atoms with E-state index in [2.05, 4.69) is 25.7 Å². The van der Waals surface area contributed by atoms with Gasteiger partial charge in [-0.2, -0.15) is 0 Å². The molecule has 13 heavy (non-hydrogen) atoms. The largest absolute Gasteiger partial charge is 0.371 e. The first-order valence-corrected chi connectivity index (χ1v) is 4.82. The molecule has 0 aliphatic heterocycles. The zero-order valence-corrected chi connectivity index (χ0v) is 9.12. The molecule has 0 atom stereocenters. The van der Waals surface area contributed by atoms with E-state index in [-0.39, 0.29) is 0 Å². The van der Waals surface area contributed by atoms with Crippen LogP contribution in [0.4, 0.5) is 5.69 Å². The molecule has 1 rings (SSSR count). The van der Waals surface area contributed by atoms with Crippen LogP contribution in [0.3, 0.4) is 0 Å². The quantitative estimate of drug-likeness (QED) is 0.821. The first-order chi connectivity index (χ1) is 6.25. The molecule has 0 aromatic heterocycles. The number of hydrogen-bond donors (Lipinski definition) is 1. The van der Waals surface area contributed by atoms with E-state index in [1.165, 1.54) is 0 Å². The predicted molar refractivity (Wildman–Crippen MR) is 57.6 cm³/mol. The van der Waals surface area contributed by atoms with E-state index >= 15 is 0 Å². The molecule has 0 saturated heterocycles. The van der Waals surface area contributed by atoms with E-state index in [0.29, 0.717) is 6.61 Å². The number of hydrogen-bond acceptors (Lipinski definition) is 3. The number of likely N-dealkylation sites (N-methyl/N-ethyl adjacent to an activating group) is 1. The van der Waals surface area contributed by atoms with Crippen molar-refractivity contribution in [2.24, 2.45) is 5.90 Å². The lowest BCUT2D eigenvalue weighted by molar-refractivity contribution is 0.145. The maximum absolute atomic E-state index is 4.95. The Bertz CT molecular complexity index is 268. The number of halogens is 1. The van der Waals surface area contributed by atoms with Crippen molar-refractivity contribution >= 4 is 21.6 Å². The molecule has 2 N–H and O–H groups in total. The number of benzene rings is 1. The minimum atomic E-state index is 0.526. The summed E-state index contributed by atoms with van der Waals surface area (Å²) in [5.41, 5.74) is 1.14. The van der Waals surface area contributed by atoms with Crippen LogP contribution in [0.25, 0.3) is 0 Å². The van der Waals surface area contributed by atoms with Crippen molar-refractivity contribution in [3.8, 4) is 0 Å². The zero-order valence-electron chi connectivity index (χ0n) is 7.53. The lowest BCUT2D eigenvalue weighted by Crippen LogP contribution is -2.24. The molecule has 0 spiro atoms. The molecule has 0 heterocycles. The van der Waals surface area contributed by atoms with Gasteiger partial charge in [-0.3, -0.25) is 0 Å². The zero-order chi connectivity index (χ0) is 9.68. The summed E-state index contributed by atoms with van der Waals surface area (Å²) in [6, 6.07) is 8.04. The van der Waals surface area contributed by atoms with E-state index in [1.54, 1.807) is 0 Å².